The Labute approximate surface area is 114 Å². The van der Waals surface area contributed by atoms with Gasteiger partial charge >= 0.3 is 0 Å². The number of hydrogen-bond donors (Lipinski definition) is 2. The molecular formula is C9H12BrN3O2S2. The van der Waals surface area contributed by atoms with E-state index in [0.29, 0.717) is 10.9 Å². The predicted molar refractivity (Wildman–Crippen MR) is 73.1 cm³/mol. The molecule has 5 nitrogen and oxygen atoms in total. The minimum absolute atomic E-state index is 0.0988. The van der Waals surface area contributed by atoms with Crippen molar-refractivity contribution in [1.82, 2.24) is 9.71 Å². The largest absolute Gasteiger partial charge is 0.393 e. The minimum atomic E-state index is -3.59. The van der Waals surface area contributed by atoms with Gasteiger partial charge in [-0.15, -0.1) is 0 Å². The van der Waals surface area contributed by atoms with E-state index in [1.807, 2.05) is 0 Å². The van der Waals surface area contributed by atoms with Crippen LogP contribution in [0.2, 0.25) is 0 Å². The van der Waals surface area contributed by atoms with E-state index >= 15 is 0 Å². The summed E-state index contributed by atoms with van der Waals surface area (Å²) in [6.07, 6.45) is 3.11. The molecule has 3 N–H and O–H groups in total. The van der Waals surface area contributed by atoms with Gasteiger partial charge in [0.2, 0.25) is 10.0 Å². The summed E-state index contributed by atoms with van der Waals surface area (Å²) < 4.78 is 26.9. The van der Waals surface area contributed by atoms with Crippen molar-refractivity contribution >= 4 is 43.2 Å². The lowest BCUT2D eigenvalue weighted by Gasteiger charge is -2.13. The van der Waals surface area contributed by atoms with Gasteiger partial charge in [-0.1, -0.05) is 12.2 Å². The number of pyridine rings is 1. The van der Waals surface area contributed by atoms with Crippen LogP contribution in [-0.4, -0.2) is 24.4 Å². The number of rotatable bonds is 5. The minimum Gasteiger partial charge on any atom is -0.393 e. The van der Waals surface area contributed by atoms with Crippen LogP contribution in [0.5, 0.6) is 0 Å². The van der Waals surface area contributed by atoms with Gasteiger partial charge in [0.05, 0.1) is 4.99 Å². The van der Waals surface area contributed by atoms with Crippen LogP contribution in [0.25, 0.3) is 0 Å². The summed E-state index contributed by atoms with van der Waals surface area (Å²) in [5, 5.41) is 0. The fraction of sp³-hybridized carbons (Fsp3) is 0.333. The van der Waals surface area contributed by atoms with Gasteiger partial charge < -0.3 is 5.73 Å². The first-order chi connectivity index (χ1) is 7.81. The Balaban J connectivity index is 2.86. The maximum atomic E-state index is 11.9. The molecule has 1 heterocycles. The Kier molecular flexibility index (Phi) is 4.99. The van der Waals surface area contributed by atoms with Crippen LogP contribution in [0.1, 0.15) is 13.3 Å². The molecule has 1 unspecified atom stereocenters. The Morgan fingerprint density at radius 1 is 1.65 bits per heavy atom. The SMILES string of the molecule is CC(CC(N)=S)NS(=O)(=O)c1cncc(Br)c1. The number of nitrogens with zero attached hydrogens (tertiary/aromatic N) is 1. The highest BCUT2D eigenvalue weighted by atomic mass is 79.9. The van der Waals surface area contributed by atoms with Gasteiger partial charge in [-0.25, -0.2) is 13.1 Å². The van der Waals surface area contributed by atoms with Crippen molar-refractivity contribution in [1.29, 1.82) is 0 Å². The Morgan fingerprint density at radius 2 is 2.29 bits per heavy atom. The monoisotopic (exact) mass is 337 g/mol. The van der Waals surface area contributed by atoms with Gasteiger partial charge in [-0.3, -0.25) is 4.98 Å². The number of aromatic nitrogens is 1. The number of sulfonamides is 1. The van der Waals surface area contributed by atoms with E-state index in [1.54, 1.807) is 6.92 Å². The van der Waals surface area contributed by atoms with Crippen molar-refractivity contribution in [3.05, 3.63) is 22.9 Å². The van der Waals surface area contributed by atoms with Crippen LogP contribution >= 0.6 is 28.1 Å². The molecule has 0 spiro atoms. The molecule has 0 radical (unpaired) electrons. The first-order valence-corrected chi connectivity index (χ1v) is 7.41. The van der Waals surface area contributed by atoms with E-state index < -0.39 is 10.0 Å². The number of halogens is 1. The fourth-order valence-electron chi connectivity index (χ4n) is 1.22. The highest BCUT2D eigenvalue weighted by Gasteiger charge is 2.18. The zero-order valence-electron chi connectivity index (χ0n) is 9.05. The van der Waals surface area contributed by atoms with Gasteiger partial charge in [-0.05, 0) is 28.9 Å². The van der Waals surface area contributed by atoms with E-state index in [9.17, 15) is 8.42 Å². The number of nitrogens with two attached hydrogens (primary N) is 1. The van der Waals surface area contributed by atoms with Crippen molar-refractivity contribution < 1.29 is 8.42 Å². The van der Waals surface area contributed by atoms with Crippen LogP contribution in [0.4, 0.5) is 0 Å². The van der Waals surface area contributed by atoms with Crippen molar-refractivity contribution in [2.75, 3.05) is 0 Å². The Morgan fingerprint density at radius 3 is 2.82 bits per heavy atom. The predicted octanol–water partition coefficient (Wildman–Crippen LogP) is 1.19. The van der Waals surface area contributed by atoms with Gasteiger partial charge in [0.25, 0.3) is 0 Å². The molecule has 0 aliphatic carbocycles. The highest BCUT2D eigenvalue weighted by molar-refractivity contribution is 9.10. The molecule has 0 amide bonds. The molecule has 0 aromatic carbocycles. The molecule has 0 aliphatic rings. The zero-order valence-corrected chi connectivity index (χ0v) is 12.3. The number of hydrogen-bond acceptors (Lipinski definition) is 4. The van der Waals surface area contributed by atoms with Crippen molar-refractivity contribution in [3.8, 4) is 0 Å². The van der Waals surface area contributed by atoms with E-state index in [0.717, 1.165) is 0 Å². The van der Waals surface area contributed by atoms with E-state index in [1.165, 1.54) is 18.5 Å². The molecule has 1 aromatic rings. The first kappa shape index (κ1) is 14.5. The maximum Gasteiger partial charge on any atom is 0.242 e. The second-order valence-corrected chi connectivity index (χ2v) is 6.69. The number of thiocarbonyl (C=S) groups is 1. The summed E-state index contributed by atoms with van der Waals surface area (Å²) in [5.41, 5.74) is 5.35. The quantitative estimate of drug-likeness (QED) is 0.788. The lowest BCUT2D eigenvalue weighted by atomic mass is 10.3. The molecule has 1 aromatic heterocycles. The fourth-order valence-corrected chi connectivity index (χ4v) is 3.21. The van der Waals surface area contributed by atoms with Crippen LogP contribution in [0.15, 0.2) is 27.8 Å². The molecule has 1 atom stereocenters. The van der Waals surface area contributed by atoms with Gasteiger partial charge in [0.1, 0.15) is 4.90 Å². The van der Waals surface area contributed by atoms with Crippen LogP contribution in [0.3, 0.4) is 0 Å². The average Bonchev–Trinajstić information content (AvgIpc) is 2.15. The molecule has 0 bridgehead atoms. The lowest BCUT2D eigenvalue weighted by molar-refractivity contribution is 0.564. The van der Waals surface area contributed by atoms with E-state index in [4.69, 9.17) is 18.0 Å². The third-order valence-electron chi connectivity index (χ3n) is 1.85. The van der Waals surface area contributed by atoms with Crippen LogP contribution in [-0.2, 0) is 10.0 Å². The lowest BCUT2D eigenvalue weighted by Crippen LogP contribution is -2.35. The third-order valence-corrected chi connectivity index (χ3v) is 4.01. The molecule has 8 heteroatoms. The van der Waals surface area contributed by atoms with Crippen LogP contribution in [0, 0.1) is 0 Å². The van der Waals surface area contributed by atoms with Gasteiger partial charge in [0.15, 0.2) is 0 Å². The molecule has 94 valence electrons. The van der Waals surface area contributed by atoms with Gasteiger partial charge in [-0.2, -0.15) is 0 Å². The van der Waals surface area contributed by atoms with Crippen molar-refractivity contribution in [2.24, 2.45) is 5.73 Å². The highest BCUT2D eigenvalue weighted by Crippen LogP contribution is 2.14. The molecule has 0 aliphatic heterocycles. The second kappa shape index (κ2) is 5.85. The van der Waals surface area contributed by atoms with Gasteiger partial charge in [0, 0.05) is 29.3 Å². The summed E-state index contributed by atoms with van der Waals surface area (Å²) in [4.78, 5) is 4.17. The van der Waals surface area contributed by atoms with Crippen molar-refractivity contribution in [2.45, 2.75) is 24.3 Å². The average molecular weight is 338 g/mol. The Bertz CT molecular complexity index is 519. The molecule has 0 fully saturated rings. The van der Waals surface area contributed by atoms with E-state index in [2.05, 4.69) is 25.6 Å². The van der Waals surface area contributed by atoms with Crippen LogP contribution < -0.4 is 10.5 Å². The van der Waals surface area contributed by atoms with E-state index in [-0.39, 0.29) is 15.9 Å². The standard InChI is InChI=1S/C9H12BrN3O2S2/c1-6(2-9(11)16)13-17(14,15)8-3-7(10)4-12-5-8/h3-6,13H,2H2,1H3,(H2,11,16). The molecule has 0 saturated carbocycles. The number of nitrogens with one attached hydrogen (secondary N) is 1. The zero-order chi connectivity index (χ0) is 13.1. The summed E-state index contributed by atoms with van der Waals surface area (Å²) in [7, 11) is -3.59. The first-order valence-electron chi connectivity index (χ1n) is 4.72. The summed E-state index contributed by atoms with van der Waals surface area (Å²) >= 11 is 7.89. The summed E-state index contributed by atoms with van der Waals surface area (Å²) in [6.45, 7) is 1.70. The Hall–Kier alpha value is -0.570. The normalized spacial score (nSPS) is 13.3. The summed E-state index contributed by atoms with van der Waals surface area (Å²) in [6, 6.07) is 1.12. The molecular weight excluding hydrogens is 326 g/mol. The molecule has 17 heavy (non-hydrogen) atoms. The smallest absolute Gasteiger partial charge is 0.242 e. The summed E-state index contributed by atoms with van der Waals surface area (Å²) in [5.74, 6) is 0. The molecule has 1 rings (SSSR count). The topological polar surface area (TPSA) is 85.1 Å². The molecule has 0 saturated heterocycles. The maximum absolute atomic E-state index is 11.9. The third kappa shape index (κ3) is 4.66. The van der Waals surface area contributed by atoms with Crippen molar-refractivity contribution in [3.63, 3.8) is 0 Å². The second-order valence-electron chi connectivity index (χ2n) is 3.53.